The minimum atomic E-state index is 0. The van der Waals surface area contributed by atoms with Crippen molar-refractivity contribution in [2.24, 2.45) is 5.92 Å². The van der Waals surface area contributed by atoms with Crippen LogP contribution in [0.3, 0.4) is 0 Å². The molecule has 1 N–H and O–H groups in total. The first-order valence-corrected chi connectivity index (χ1v) is 6.50. The van der Waals surface area contributed by atoms with Crippen LogP contribution in [0.15, 0.2) is 24.3 Å². The Morgan fingerprint density at radius 3 is 2.39 bits per heavy atom. The van der Waals surface area contributed by atoms with Crippen molar-refractivity contribution in [1.29, 1.82) is 0 Å². The van der Waals surface area contributed by atoms with Gasteiger partial charge in [0, 0.05) is 12.5 Å². The van der Waals surface area contributed by atoms with E-state index in [0.29, 0.717) is 5.92 Å². The molecule has 0 saturated carbocycles. The zero-order valence-electron chi connectivity index (χ0n) is 11.5. The van der Waals surface area contributed by atoms with Crippen LogP contribution in [0.25, 0.3) is 0 Å². The molecule has 1 aromatic rings. The predicted molar refractivity (Wildman–Crippen MR) is 78.9 cm³/mol. The summed E-state index contributed by atoms with van der Waals surface area (Å²) in [6.45, 7) is 9.76. The highest BCUT2D eigenvalue weighted by atomic mass is 35.5. The van der Waals surface area contributed by atoms with Gasteiger partial charge in [0.2, 0.25) is 0 Å². The first kappa shape index (κ1) is 15.3. The van der Waals surface area contributed by atoms with Gasteiger partial charge in [0.1, 0.15) is 5.75 Å². The van der Waals surface area contributed by atoms with Gasteiger partial charge in [0.05, 0.1) is 6.61 Å². The molecule has 1 heterocycles. The topological polar surface area (TPSA) is 21.3 Å². The maximum absolute atomic E-state index is 5.82. The van der Waals surface area contributed by atoms with E-state index in [2.05, 4.69) is 50.4 Å². The van der Waals surface area contributed by atoms with Crippen LogP contribution in [0.4, 0.5) is 0 Å². The summed E-state index contributed by atoms with van der Waals surface area (Å²) in [4.78, 5) is 0. The lowest BCUT2D eigenvalue weighted by Gasteiger charge is -2.19. The molecule has 1 aliphatic rings. The Morgan fingerprint density at radius 1 is 1.22 bits per heavy atom. The smallest absolute Gasteiger partial charge is 0.119 e. The lowest BCUT2D eigenvalue weighted by molar-refractivity contribution is 0.260. The molecule has 2 nitrogen and oxygen atoms in total. The van der Waals surface area contributed by atoms with E-state index in [-0.39, 0.29) is 17.8 Å². The van der Waals surface area contributed by atoms with Crippen molar-refractivity contribution >= 4 is 12.4 Å². The van der Waals surface area contributed by atoms with Crippen molar-refractivity contribution in [2.45, 2.75) is 32.6 Å². The molecule has 1 saturated heterocycles. The largest absolute Gasteiger partial charge is 0.493 e. The SMILES string of the molecule is CC(C)(C)c1ccc(OCC2CCNC2)cc1.Cl. The van der Waals surface area contributed by atoms with Crippen LogP contribution in [-0.4, -0.2) is 19.7 Å². The molecule has 1 unspecified atom stereocenters. The van der Waals surface area contributed by atoms with Crippen molar-refractivity contribution in [2.75, 3.05) is 19.7 Å². The van der Waals surface area contributed by atoms with E-state index in [1.165, 1.54) is 12.0 Å². The van der Waals surface area contributed by atoms with Gasteiger partial charge in [-0.3, -0.25) is 0 Å². The molecular weight excluding hydrogens is 246 g/mol. The summed E-state index contributed by atoms with van der Waals surface area (Å²) in [6, 6.07) is 8.51. The Labute approximate surface area is 117 Å². The second-order valence-electron chi connectivity index (χ2n) is 5.94. The molecule has 18 heavy (non-hydrogen) atoms. The number of rotatable bonds is 3. The molecule has 2 rings (SSSR count). The molecule has 1 aromatic carbocycles. The third kappa shape index (κ3) is 4.18. The monoisotopic (exact) mass is 269 g/mol. The number of nitrogens with one attached hydrogen (secondary N) is 1. The fraction of sp³-hybridized carbons (Fsp3) is 0.600. The quantitative estimate of drug-likeness (QED) is 0.908. The Hall–Kier alpha value is -0.730. The van der Waals surface area contributed by atoms with Crippen molar-refractivity contribution in [3.8, 4) is 5.75 Å². The fourth-order valence-electron chi connectivity index (χ4n) is 2.12. The summed E-state index contributed by atoms with van der Waals surface area (Å²) in [5.74, 6) is 1.67. The third-order valence-corrected chi connectivity index (χ3v) is 3.37. The number of hydrogen-bond acceptors (Lipinski definition) is 2. The Bertz CT molecular complexity index is 350. The van der Waals surface area contributed by atoms with Crippen molar-refractivity contribution in [3.63, 3.8) is 0 Å². The normalized spacial score (nSPS) is 19.4. The van der Waals surface area contributed by atoms with Crippen LogP contribution < -0.4 is 10.1 Å². The van der Waals surface area contributed by atoms with Crippen molar-refractivity contribution < 1.29 is 4.74 Å². The van der Waals surface area contributed by atoms with Crippen molar-refractivity contribution in [3.05, 3.63) is 29.8 Å². The predicted octanol–water partition coefficient (Wildman–Crippen LogP) is 3.39. The summed E-state index contributed by atoms with van der Waals surface area (Å²) < 4.78 is 5.82. The van der Waals surface area contributed by atoms with Crippen LogP contribution in [0, 0.1) is 5.92 Å². The van der Waals surface area contributed by atoms with Gasteiger partial charge in [-0.15, -0.1) is 12.4 Å². The lowest BCUT2D eigenvalue weighted by Crippen LogP contribution is -2.15. The number of hydrogen-bond donors (Lipinski definition) is 1. The van der Waals surface area contributed by atoms with Crippen molar-refractivity contribution in [1.82, 2.24) is 5.32 Å². The molecule has 0 radical (unpaired) electrons. The average molecular weight is 270 g/mol. The number of ether oxygens (including phenoxy) is 1. The zero-order valence-corrected chi connectivity index (χ0v) is 12.3. The fourth-order valence-corrected chi connectivity index (χ4v) is 2.12. The third-order valence-electron chi connectivity index (χ3n) is 3.37. The Morgan fingerprint density at radius 2 is 1.89 bits per heavy atom. The minimum absolute atomic E-state index is 0. The summed E-state index contributed by atoms with van der Waals surface area (Å²) in [5.41, 5.74) is 1.57. The minimum Gasteiger partial charge on any atom is -0.493 e. The molecule has 1 fully saturated rings. The zero-order chi connectivity index (χ0) is 12.3. The van der Waals surface area contributed by atoms with E-state index in [0.717, 1.165) is 25.4 Å². The molecule has 1 aliphatic heterocycles. The van der Waals surface area contributed by atoms with Gasteiger partial charge in [-0.2, -0.15) is 0 Å². The van der Waals surface area contributed by atoms with Gasteiger partial charge in [-0.25, -0.2) is 0 Å². The van der Waals surface area contributed by atoms with E-state index in [1.54, 1.807) is 0 Å². The van der Waals surface area contributed by atoms with Crippen LogP contribution in [-0.2, 0) is 5.41 Å². The molecule has 0 aromatic heterocycles. The molecule has 0 spiro atoms. The summed E-state index contributed by atoms with van der Waals surface area (Å²) >= 11 is 0. The second-order valence-corrected chi connectivity index (χ2v) is 5.94. The van der Waals surface area contributed by atoms with E-state index in [1.807, 2.05) is 0 Å². The van der Waals surface area contributed by atoms with Crippen LogP contribution in [0.5, 0.6) is 5.75 Å². The van der Waals surface area contributed by atoms with Gasteiger partial charge in [-0.1, -0.05) is 32.9 Å². The van der Waals surface area contributed by atoms with E-state index in [4.69, 9.17) is 4.74 Å². The first-order chi connectivity index (χ1) is 8.05. The molecule has 102 valence electrons. The van der Waals surface area contributed by atoms with Crippen LogP contribution in [0.2, 0.25) is 0 Å². The van der Waals surface area contributed by atoms with Gasteiger partial charge < -0.3 is 10.1 Å². The van der Waals surface area contributed by atoms with Gasteiger partial charge in [0.25, 0.3) is 0 Å². The molecular formula is C15H24ClNO. The highest BCUT2D eigenvalue weighted by Crippen LogP contribution is 2.24. The van der Waals surface area contributed by atoms with Gasteiger partial charge >= 0.3 is 0 Å². The maximum Gasteiger partial charge on any atom is 0.119 e. The van der Waals surface area contributed by atoms with Crippen LogP contribution in [0.1, 0.15) is 32.8 Å². The average Bonchev–Trinajstić information content (AvgIpc) is 2.78. The molecule has 1 atom stereocenters. The second kappa shape index (κ2) is 6.44. The molecule has 0 aliphatic carbocycles. The summed E-state index contributed by atoms with van der Waals surface area (Å²) in [6.07, 6.45) is 1.24. The molecule has 3 heteroatoms. The Balaban J connectivity index is 0.00000162. The molecule has 0 amide bonds. The summed E-state index contributed by atoms with van der Waals surface area (Å²) in [5, 5.41) is 3.36. The maximum atomic E-state index is 5.82. The van der Waals surface area contributed by atoms with E-state index >= 15 is 0 Å². The number of halogens is 1. The first-order valence-electron chi connectivity index (χ1n) is 6.50. The van der Waals surface area contributed by atoms with Gasteiger partial charge in [0.15, 0.2) is 0 Å². The van der Waals surface area contributed by atoms with Gasteiger partial charge in [-0.05, 0) is 36.1 Å². The van der Waals surface area contributed by atoms with Crippen LogP contribution >= 0.6 is 12.4 Å². The highest BCUT2D eigenvalue weighted by Gasteiger charge is 2.16. The lowest BCUT2D eigenvalue weighted by atomic mass is 9.87. The highest BCUT2D eigenvalue weighted by molar-refractivity contribution is 5.85. The Kier molecular flexibility index (Phi) is 5.48. The van der Waals surface area contributed by atoms with E-state index in [9.17, 15) is 0 Å². The van der Waals surface area contributed by atoms with E-state index < -0.39 is 0 Å². The number of benzene rings is 1. The molecule has 0 bridgehead atoms. The standard InChI is InChI=1S/C15H23NO.ClH/c1-15(2,3)13-4-6-14(7-5-13)17-11-12-8-9-16-10-12;/h4-7,12,16H,8-11H2,1-3H3;1H. The summed E-state index contributed by atoms with van der Waals surface area (Å²) in [7, 11) is 0.